The fourth-order valence-corrected chi connectivity index (χ4v) is 3.06. The molecule has 0 bridgehead atoms. The molecule has 0 atom stereocenters. The number of aromatic amines is 1. The molecule has 0 aliphatic rings. The van der Waals surface area contributed by atoms with Crippen LogP contribution < -0.4 is 9.47 Å². The predicted octanol–water partition coefficient (Wildman–Crippen LogP) is 5.24. The van der Waals surface area contributed by atoms with Crippen molar-refractivity contribution >= 4 is 22.4 Å². The van der Waals surface area contributed by atoms with Gasteiger partial charge in [0.2, 0.25) is 5.75 Å². The average Bonchev–Trinajstić information content (AvgIpc) is 3.19. The number of aromatic nitrogens is 2. The molecule has 0 radical (unpaired) electrons. The van der Waals surface area contributed by atoms with Crippen molar-refractivity contribution in [2.75, 3.05) is 6.61 Å². The lowest BCUT2D eigenvalue weighted by Gasteiger charge is -2.13. The number of nitro benzene ring substituents is 2. The number of H-pyrrole nitrogens is 1. The molecule has 0 unspecified atom stereocenters. The number of imidazole rings is 1. The van der Waals surface area contributed by atoms with Crippen LogP contribution in [0.4, 0.5) is 11.4 Å². The molecule has 4 rings (SSSR count). The van der Waals surface area contributed by atoms with Crippen molar-refractivity contribution in [2.24, 2.45) is 0 Å². The molecule has 0 spiro atoms. The molecular weight excluding hydrogens is 404 g/mol. The molecule has 0 saturated heterocycles. The summed E-state index contributed by atoms with van der Waals surface area (Å²) < 4.78 is 11.4. The monoisotopic (exact) mass is 420 g/mol. The number of hydrogen-bond acceptors (Lipinski definition) is 7. The van der Waals surface area contributed by atoms with Gasteiger partial charge in [-0.1, -0.05) is 12.1 Å². The highest BCUT2D eigenvalue weighted by Gasteiger charge is 2.22. The third-order valence-electron chi connectivity index (χ3n) is 4.48. The first-order chi connectivity index (χ1) is 15.0. The topological polar surface area (TPSA) is 133 Å². The summed E-state index contributed by atoms with van der Waals surface area (Å²) in [6.07, 6.45) is 0. The average molecular weight is 420 g/mol. The van der Waals surface area contributed by atoms with Crippen molar-refractivity contribution in [3.63, 3.8) is 0 Å². The van der Waals surface area contributed by atoms with Gasteiger partial charge in [-0.2, -0.15) is 0 Å². The Balaban J connectivity index is 1.72. The van der Waals surface area contributed by atoms with Gasteiger partial charge in [-0.15, -0.1) is 0 Å². The van der Waals surface area contributed by atoms with Crippen LogP contribution in [0.1, 0.15) is 6.92 Å². The van der Waals surface area contributed by atoms with Gasteiger partial charge in [0.25, 0.3) is 5.69 Å². The maximum Gasteiger partial charge on any atom is 0.318 e. The maximum absolute atomic E-state index is 11.4. The van der Waals surface area contributed by atoms with Gasteiger partial charge >= 0.3 is 5.69 Å². The molecule has 0 aliphatic carbocycles. The van der Waals surface area contributed by atoms with Crippen LogP contribution in [0.5, 0.6) is 17.2 Å². The van der Waals surface area contributed by atoms with E-state index in [0.29, 0.717) is 18.2 Å². The lowest BCUT2D eigenvalue weighted by Crippen LogP contribution is -1.99. The smallest absolute Gasteiger partial charge is 0.318 e. The zero-order chi connectivity index (χ0) is 22.0. The lowest BCUT2D eigenvalue weighted by atomic mass is 10.2. The first-order valence-corrected chi connectivity index (χ1v) is 9.29. The summed E-state index contributed by atoms with van der Waals surface area (Å²) in [6, 6.07) is 15.9. The minimum atomic E-state index is -0.731. The molecule has 10 heteroatoms. The highest BCUT2D eigenvalue weighted by molar-refractivity contribution is 5.79. The number of non-ortho nitro benzene ring substituents is 1. The van der Waals surface area contributed by atoms with Crippen molar-refractivity contribution < 1.29 is 19.3 Å². The molecule has 1 N–H and O–H groups in total. The zero-order valence-electron chi connectivity index (χ0n) is 16.3. The normalized spacial score (nSPS) is 10.7. The number of ether oxygens (including phenoxy) is 2. The Morgan fingerprint density at radius 3 is 2.42 bits per heavy atom. The Bertz CT molecular complexity index is 1270. The van der Waals surface area contributed by atoms with E-state index >= 15 is 0 Å². The second-order valence-electron chi connectivity index (χ2n) is 6.47. The molecule has 10 nitrogen and oxygen atoms in total. The number of nitrogens with zero attached hydrogens (tertiary/aromatic N) is 3. The number of hydrogen-bond donors (Lipinski definition) is 1. The number of rotatable bonds is 7. The molecule has 0 fully saturated rings. The number of fused-ring (bicyclic) bond motifs is 1. The molecule has 1 aromatic heterocycles. The Morgan fingerprint density at radius 1 is 0.935 bits per heavy atom. The third-order valence-corrected chi connectivity index (χ3v) is 4.48. The molecule has 0 amide bonds. The summed E-state index contributed by atoms with van der Waals surface area (Å²) in [4.78, 5) is 28.7. The molecule has 0 aliphatic heterocycles. The highest BCUT2D eigenvalue weighted by atomic mass is 16.6. The van der Waals surface area contributed by atoms with Crippen LogP contribution in [-0.2, 0) is 0 Å². The fraction of sp³-hybridized carbons (Fsp3) is 0.0952. The van der Waals surface area contributed by atoms with Crippen molar-refractivity contribution in [3.05, 3.63) is 80.9 Å². The number of benzene rings is 3. The molecule has 0 saturated carbocycles. The van der Waals surface area contributed by atoms with Gasteiger partial charge in [0.05, 0.1) is 33.6 Å². The van der Waals surface area contributed by atoms with Crippen molar-refractivity contribution in [2.45, 2.75) is 6.92 Å². The summed E-state index contributed by atoms with van der Waals surface area (Å²) in [5, 5.41) is 22.3. The second-order valence-corrected chi connectivity index (χ2v) is 6.47. The Hall–Kier alpha value is -4.47. The largest absolute Gasteiger partial charge is 0.490 e. The van der Waals surface area contributed by atoms with Crippen LogP contribution in [0.15, 0.2) is 60.7 Å². The van der Waals surface area contributed by atoms with E-state index in [2.05, 4.69) is 9.97 Å². The van der Waals surface area contributed by atoms with Crippen LogP contribution in [-0.4, -0.2) is 26.4 Å². The van der Waals surface area contributed by atoms with Crippen LogP contribution in [0.2, 0.25) is 0 Å². The van der Waals surface area contributed by atoms with Gasteiger partial charge in [0.1, 0.15) is 5.82 Å². The third kappa shape index (κ3) is 3.99. The van der Waals surface area contributed by atoms with Crippen LogP contribution in [0, 0.1) is 20.2 Å². The number of nitro groups is 2. The van der Waals surface area contributed by atoms with E-state index in [1.807, 2.05) is 24.3 Å². The number of para-hydroxylation sites is 2. The Kier molecular flexibility index (Phi) is 5.19. The van der Waals surface area contributed by atoms with Gasteiger partial charge in [-0.25, -0.2) is 4.98 Å². The van der Waals surface area contributed by atoms with Gasteiger partial charge in [0, 0.05) is 11.6 Å². The molecule has 156 valence electrons. The minimum Gasteiger partial charge on any atom is -0.490 e. The molecule has 4 aromatic rings. The molecule has 3 aromatic carbocycles. The highest BCUT2D eigenvalue weighted by Crippen LogP contribution is 2.39. The van der Waals surface area contributed by atoms with E-state index in [1.54, 1.807) is 25.1 Å². The summed E-state index contributed by atoms with van der Waals surface area (Å²) in [5.74, 6) is 1.09. The van der Waals surface area contributed by atoms with Crippen molar-refractivity contribution in [1.29, 1.82) is 0 Å². The molecule has 1 heterocycles. The van der Waals surface area contributed by atoms with Crippen LogP contribution in [0.3, 0.4) is 0 Å². The van der Waals surface area contributed by atoms with Crippen LogP contribution in [0.25, 0.3) is 22.4 Å². The SMILES string of the molecule is CCOc1cc(-c2nc3ccccc3[nH]2)ccc1Oc1ccc([N+](=O)[O-])cc1[N+](=O)[O-]. The Morgan fingerprint density at radius 2 is 1.71 bits per heavy atom. The van der Waals surface area contributed by atoms with Gasteiger partial charge in [-0.05, 0) is 43.3 Å². The predicted molar refractivity (Wildman–Crippen MR) is 113 cm³/mol. The van der Waals surface area contributed by atoms with E-state index in [0.717, 1.165) is 28.7 Å². The van der Waals surface area contributed by atoms with E-state index in [-0.39, 0.29) is 11.5 Å². The second kappa shape index (κ2) is 8.11. The first-order valence-electron chi connectivity index (χ1n) is 9.29. The van der Waals surface area contributed by atoms with Gasteiger partial charge in [-0.3, -0.25) is 20.2 Å². The Labute approximate surface area is 175 Å². The quantitative estimate of drug-likeness (QED) is 0.319. The van der Waals surface area contributed by atoms with E-state index in [1.165, 1.54) is 6.07 Å². The first kappa shape index (κ1) is 19.8. The standard InChI is InChI=1S/C21H16N4O6/c1-2-30-20-11-13(21-22-15-5-3-4-6-16(15)23-21)7-9-19(20)31-18-10-8-14(24(26)27)12-17(18)25(28)29/h3-12H,2H2,1H3,(H,22,23). The zero-order valence-corrected chi connectivity index (χ0v) is 16.3. The summed E-state index contributed by atoms with van der Waals surface area (Å²) in [7, 11) is 0. The fourth-order valence-electron chi connectivity index (χ4n) is 3.06. The lowest BCUT2D eigenvalue weighted by molar-refractivity contribution is -0.394. The van der Waals surface area contributed by atoms with Crippen LogP contribution >= 0.6 is 0 Å². The van der Waals surface area contributed by atoms with E-state index < -0.39 is 21.2 Å². The minimum absolute atomic E-state index is 0.131. The summed E-state index contributed by atoms with van der Waals surface area (Å²) in [6.45, 7) is 2.13. The molecule has 31 heavy (non-hydrogen) atoms. The van der Waals surface area contributed by atoms with E-state index in [9.17, 15) is 20.2 Å². The van der Waals surface area contributed by atoms with Crippen molar-refractivity contribution in [1.82, 2.24) is 9.97 Å². The molecular formula is C21H16N4O6. The van der Waals surface area contributed by atoms with Crippen molar-refractivity contribution in [3.8, 4) is 28.6 Å². The summed E-state index contributed by atoms with van der Waals surface area (Å²) >= 11 is 0. The summed E-state index contributed by atoms with van der Waals surface area (Å²) in [5.41, 5.74) is 1.53. The van der Waals surface area contributed by atoms with Gasteiger partial charge < -0.3 is 14.5 Å². The maximum atomic E-state index is 11.4. The van der Waals surface area contributed by atoms with Gasteiger partial charge in [0.15, 0.2) is 11.5 Å². The van der Waals surface area contributed by atoms with E-state index in [4.69, 9.17) is 9.47 Å². The number of nitrogens with one attached hydrogen (secondary N) is 1.